The van der Waals surface area contributed by atoms with Gasteiger partial charge in [-0.2, -0.15) is 0 Å². The molecule has 0 radical (unpaired) electrons. The third kappa shape index (κ3) is 3.93. The van der Waals surface area contributed by atoms with Crippen molar-refractivity contribution in [2.45, 2.75) is 57.8 Å². The van der Waals surface area contributed by atoms with E-state index in [4.69, 9.17) is 4.74 Å². The van der Waals surface area contributed by atoms with Crippen molar-refractivity contribution in [2.24, 2.45) is 0 Å². The molecule has 3 rings (SSSR count). The van der Waals surface area contributed by atoms with Gasteiger partial charge in [0.25, 0.3) is 0 Å². The summed E-state index contributed by atoms with van der Waals surface area (Å²) in [6.07, 6.45) is 7.90. The summed E-state index contributed by atoms with van der Waals surface area (Å²) >= 11 is 0. The molecule has 2 saturated heterocycles. The van der Waals surface area contributed by atoms with E-state index in [1.54, 1.807) is 6.20 Å². The molecule has 128 valence electrons. The summed E-state index contributed by atoms with van der Waals surface area (Å²) in [5.74, 6) is 1.21. The van der Waals surface area contributed by atoms with Gasteiger partial charge in [0.15, 0.2) is 0 Å². The van der Waals surface area contributed by atoms with Crippen molar-refractivity contribution in [3.63, 3.8) is 0 Å². The Morgan fingerprint density at radius 2 is 2.30 bits per heavy atom. The van der Waals surface area contributed by atoms with Gasteiger partial charge in [-0.1, -0.05) is 6.92 Å². The lowest BCUT2D eigenvalue weighted by molar-refractivity contribution is -0.135. The lowest BCUT2D eigenvalue weighted by atomic mass is 10.1. The van der Waals surface area contributed by atoms with Gasteiger partial charge in [0.1, 0.15) is 5.82 Å². The average Bonchev–Trinajstić information content (AvgIpc) is 3.23. The summed E-state index contributed by atoms with van der Waals surface area (Å²) < 4.78 is 5.82. The van der Waals surface area contributed by atoms with E-state index in [0.29, 0.717) is 12.5 Å². The Labute approximate surface area is 138 Å². The van der Waals surface area contributed by atoms with Crippen molar-refractivity contribution in [3.8, 4) is 0 Å². The van der Waals surface area contributed by atoms with Crippen LogP contribution in [0.3, 0.4) is 0 Å². The molecule has 2 aliphatic heterocycles. The van der Waals surface area contributed by atoms with Crippen molar-refractivity contribution in [1.82, 2.24) is 19.8 Å². The first-order valence-electron chi connectivity index (χ1n) is 8.84. The number of aromatic amines is 1. The van der Waals surface area contributed by atoms with E-state index in [0.717, 1.165) is 51.3 Å². The topological polar surface area (TPSA) is 61.5 Å². The lowest BCUT2D eigenvalue weighted by Gasteiger charge is -2.40. The monoisotopic (exact) mass is 320 g/mol. The molecular weight excluding hydrogens is 292 g/mol. The van der Waals surface area contributed by atoms with Crippen LogP contribution >= 0.6 is 0 Å². The number of hydrogen-bond donors (Lipinski definition) is 1. The van der Waals surface area contributed by atoms with E-state index in [9.17, 15) is 4.79 Å². The molecule has 3 unspecified atom stereocenters. The van der Waals surface area contributed by atoms with Gasteiger partial charge in [-0.25, -0.2) is 4.98 Å². The van der Waals surface area contributed by atoms with Crippen LogP contribution in [0.5, 0.6) is 0 Å². The maximum absolute atomic E-state index is 12.6. The van der Waals surface area contributed by atoms with E-state index >= 15 is 0 Å². The van der Waals surface area contributed by atoms with E-state index < -0.39 is 0 Å². The molecule has 1 aromatic heterocycles. The number of nitrogens with one attached hydrogen (secondary N) is 1. The standard InChI is InChI=1S/C17H28N4O2/c1-3-20-10-11-21(12-15(20)17-18-8-9-19-17)16(22)7-6-14-5-4-13(2)23-14/h8-9,13-15H,3-7,10-12H2,1-2H3,(H,18,19). The number of H-pyrrole nitrogens is 1. The summed E-state index contributed by atoms with van der Waals surface area (Å²) in [5.41, 5.74) is 0. The minimum Gasteiger partial charge on any atom is -0.375 e. The minimum absolute atomic E-state index is 0.176. The van der Waals surface area contributed by atoms with Gasteiger partial charge in [0.2, 0.25) is 5.91 Å². The predicted molar refractivity (Wildman–Crippen MR) is 88.0 cm³/mol. The SMILES string of the molecule is CCN1CCN(C(=O)CCC2CCC(C)O2)CC1c1ncc[nH]1. The maximum Gasteiger partial charge on any atom is 0.222 e. The van der Waals surface area contributed by atoms with Gasteiger partial charge in [-0.05, 0) is 32.7 Å². The fourth-order valence-corrected chi connectivity index (χ4v) is 3.68. The van der Waals surface area contributed by atoms with Crippen molar-refractivity contribution >= 4 is 5.91 Å². The number of amides is 1. The molecular formula is C17H28N4O2. The fourth-order valence-electron chi connectivity index (χ4n) is 3.68. The number of likely N-dealkylation sites (N-methyl/N-ethyl adjacent to an activating group) is 1. The van der Waals surface area contributed by atoms with Gasteiger partial charge >= 0.3 is 0 Å². The summed E-state index contributed by atoms with van der Waals surface area (Å²) in [5, 5.41) is 0. The normalized spacial score (nSPS) is 29.1. The minimum atomic E-state index is 0.176. The van der Waals surface area contributed by atoms with Crippen molar-refractivity contribution < 1.29 is 9.53 Å². The molecule has 6 nitrogen and oxygen atoms in total. The van der Waals surface area contributed by atoms with Crippen LogP contribution in [0.4, 0.5) is 0 Å². The number of rotatable bonds is 5. The zero-order valence-corrected chi connectivity index (χ0v) is 14.2. The second kappa shape index (κ2) is 7.45. The molecule has 0 saturated carbocycles. The van der Waals surface area contributed by atoms with E-state index in [-0.39, 0.29) is 18.1 Å². The van der Waals surface area contributed by atoms with Crippen LogP contribution in [0.15, 0.2) is 12.4 Å². The Kier molecular flexibility index (Phi) is 5.33. The Morgan fingerprint density at radius 3 is 2.96 bits per heavy atom. The first kappa shape index (κ1) is 16.5. The quantitative estimate of drug-likeness (QED) is 0.901. The zero-order chi connectivity index (χ0) is 16.2. The van der Waals surface area contributed by atoms with E-state index in [1.807, 2.05) is 11.1 Å². The van der Waals surface area contributed by atoms with Gasteiger partial charge in [0.05, 0.1) is 18.2 Å². The molecule has 0 aromatic carbocycles. The molecule has 0 bridgehead atoms. The maximum atomic E-state index is 12.6. The first-order chi connectivity index (χ1) is 11.2. The van der Waals surface area contributed by atoms with Crippen LogP contribution in [-0.4, -0.2) is 64.1 Å². The number of piperazine rings is 1. The predicted octanol–water partition coefficient (Wildman–Crippen LogP) is 1.96. The third-order valence-electron chi connectivity index (χ3n) is 5.09. The van der Waals surface area contributed by atoms with Crippen LogP contribution in [-0.2, 0) is 9.53 Å². The van der Waals surface area contributed by atoms with Gasteiger partial charge < -0.3 is 14.6 Å². The summed E-state index contributed by atoms with van der Waals surface area (Å²) in [7, 11) is 0. The second-order valence-corrected chi connectivity index (χ2v) is 6.64. The Bertz CT molecular complexity index is 505. The smallest absolute Gasteiger partial charge is 0.222 e. The summed E-state index contributed by atoms with van der Waals surface area (Å²) in [4.78, 5) is 24.5. The molecule has 1 amide bonds. The van der Waals surface area contributed by atoms with Gasteiger partial charge in [-0.15, -0.1) is 0 Å². The van der Waals surface area contributed by atoms with Gasteiger partial charge in [-0.3, -0.25) is 9.69 Å². The number of imidazole rings is 1. The number of aromatic nitrogens is 2. The molecule has 6 heteroatoms. The Morgan fingerprint density at radius 1 is 1.43 bits per heavy atom. The molecule has 2 aliphatic rings. The van der Waals surface area contributed by atoms with Crippen LogP contribution in [0.1, 0.15) is 51.4 Å². The highest BCUT2D eigenvalue weighted by Crippen LogP contribution is 2.25. The average molecular weight is 320 g/mol. The molecule has 1 aromatic rings. The zero-order valence-electron chi connectivity index (χ0n) is 14.2. The number of ether oxygens (including phenoxy) is 1. The number of carbonyl (C=O) groups is 1. The van der Waals surface area contributed by atoms with Crippen molar-refractivity contribution in [1.29, 1.82) is 0 Å². The molecule has 3 atom stereocenters. The van der Waals surface area contributed by atoms with Crippen molar-refractivity contribution in [2.75, 3.05) is 26.2 Å². The Hall–Kier alpha value is -1.40. The van der Waals surface area contributed by atoms with Crippen LogP contribution in [0, 0.1) is 0 Å². The first-order valence-corrected chi connectivity index (χ1v) is 8.84. The number of nitrogens with zero attached hydrogens (tertiary/aromatic N) is 3. The van der Waals surface area contributed by atoms with Gasteiger partial charge in [0, 0.05) is 38.4 Å². The molecule has 3 heterocycles. The highest BCUT2D eigenvalue weighted by Gasteiger charge is 2.31. The van der Waals surface area contributed by atoms with E-state index in [1.165, 1.54) is 0 Å². The highest BCUT2D eigenvalue weighted by atomic mass is 16.5. The van der Waals surface area contributed by atoms with E-state index in [2.05, 4.69) is 28.7 Å². The molecule has 2 fully saturated rings. The Balaban J connectivity index is 1.54. The van der Waals surface area contributed by atoms with Crippen LogP contribution < -0.4 is 0 Å². The summed E-state index contributed by atoms with van der Waals surface area (Å²) in [6.45, 7) is 7.69. The lowest BCUT2D eigenvalue weighted by Crippen LogP contribution is -2.50. The second-order valence-electron chi connectivity index (χ2n) is 6.64. The third-order valence-corrected chi connectivity index (χ3v) is 5.09. The molecule has 0 spiro atoms. The number of hydrogen-bond acceptors (Lipinski definition) is 4. The highest BCUT2D eigenvalue weighted by molar-refractivity contribution is 5.76. The molecule has 1 N–H and O–H groups in total. The van der Waals surface area contributed by atoms with Crippen LogP contribution in [0.2, 0.25) is 0 Å². The number of carbonyl (C=O) groups excluding carboxylic acids is 1. The fraction of sp³-hybridized carbons (Fsp3) is 0.765. The van der Waals surface area contributed by atoms with Crippen LogP contribution in [0.25, 0.3) is 0 Å². The summed E-state index contributed by atoms with van der Waals surface area (Å²) in [6, 6.07) is 0.176. The van der Waals surface area contributed by atoms with Crippen molar-refractivity contribution in [3.05, 3.63) is 18.2 Å². The largest absolute Gasteiger partial charge is 0.375 e. The molecule has 0 aliphatic carbocycles. The molecule has 23 heavy (non-hydrogen) atoms.